The fraction of sp³-hybridized carbons (Fsp3) is 0.350. The van der Waals surface area contributed by atoms with Crippen LogP contribution in [0.5, 0.6) is 11.5 Å². The average molecular weight is 350 g/mol. The minimum atomic E-state index is 0.404. The highest BCUT2D eigenvalue weighted by atomic mass is 16.5. The molecule has 0 bridgehead atoms. The summed E-state index contributed by atoms with van der Waals surface area (Å²) in [5.74, 6) is 2.84. The normalized spacial score (nSPS) is 14.1. The lowest BCUT2D eigenvalue weighted by atomic mass is 10.1. The third kappa shape index (κ3) is 3.77. The largest absolute Gasteiger partial charge is 0.493 e. The molecular weight excluding hydrogens is 328 g/mol. The van der Waals surface area contributed by atoms with E-state index in [9.17, 15) is 5.26 Å². The number of aryl methyl sites for hydroxylation is 1. The third-order valence-electron chi connectivity index (χ3n) is 4.33. The molecular formula is C20H22N4O2. The maximum Gasteiger partial charge on any atom is 0.174 e. The summed E-state index contributed by atoms with van der Waals surface area (Å²) in [6, 6.07) is 7.82. The highest BCUT2D eigenvalue weighted by Gasteiger charge is 2.17. The van der Waals surface area contributed by atoms with Crippen LogP contribution in [0.15, 0.2) is 30.9 Å². The molecule has 0 amide bonds. The zero-order chi connectivity index (χ0) is 18.4. The van der Waals surface area contributed by atoms with E-state index in [1.807, 2.05) is 24.3 Å². The van der Waals surface area contributed by atoms with Crippen molar-refractivity contribution in [1.82, 2.24) is 14.8 Å². The molecule has 0 N–H and O–H groups in total. The minimum Gasteiger partial charge on any atom is -0.493 e. The number of rotatable bonds is 6. The lowest BCUT2D eigenvalue weighted by Crippen LogP contribution is -2.05. The van der Waals surface area contributed by atoms with Gasteiger partial charge >= 0.3 is 0 Å². The number of allylic oxidation sites excluding steroid dienone is 1. The second-order valence-electron chi connectivity index (χ2n) is 6.08. The van der Waals surface area contributed by atoms with Crippen molar-refractivity contribution in [1.29, 1.82) is 5.26 Å². The van der Waals surface area contributed by atoms with Crippen LogP contribution in [0.4, 0.5) is 0 Å². The van der Waals surface area contributed by atoms with Crippen LogP contribution in [-0.2, 0) is 13.0 Å². The molecule has 134 valence electrons. The lowest BCUT2D eigenvalue weighted by Gasteiger charge is -2.10. The molecule has 0 unspecified atom stereocenters. The van der Waals surface area contributed by atoms with Crippen LogP contribution in [0.3, 0.4) is 0 Å². The van der Waals surface area contributed by atoms with Crippen molar-refractivity contribution in [3.8, 4) is 17.6 Å². The van der Waals surface area contributed by atoms with Crippen LogP contribution < -0.4 is 9.47 Å². The number of hydrogen-bond acceptors (Lipinski definition) is 5. The van der Waals surface area contributed by atoms with Crippen LogP contribution >= 0.6 is 0 Å². The summed E-state index contributed by atoms with van der Waals surface area (Å²) in [6.45, 7) is 4.90. The van der Waals surface area contributed by atoms with E-state index in [1.54, 1.807) is 13.2 Å². The van der Waals surface area contributed by atoms with Gasteiger partial charge in [0, 0.05) is 13.0 Å². The third-order valence-corrected chi connectivity index (χ3v) is 4.33. The Balaban J connectivity index is 1.94. The molecule has 6 nitrogen and oxygen atoms in total. The van der Waals surface area contributed by atoms with Gasteiger partial charge in [-0.3, -0.25) is 0 Å². The van der Waals surface area contributed by atoms with Gasteiger partial charge in [0.15, 0.2) is 17.3 Å². The van der Waals surface area contributed by atoms with Gasteiger partial charge in [-0.2, -0.15) is 5.26 Å². The maximum atomic E-state index is 9.66. The monoisotopic (exact) mass is 350 g/mol. The molecule has 2 aromatic rings. The van der Waals surface area contributed by atoms with E-state index in [-0.39, 0.29) is 0 Å². The van der Waals surface area contributed by atoms with Crippen LogP contribution in [0.25, 0.3) is 11.6 Å². The van der Waals surface area contributed by atoms with Crippen molar-refractivity contribution >= 4 is 11.6 Å². The topological polar surface area (TPSA) is 73.0 Å². The molecule has 0 spiro atoms. The summed E-state index contributed by atoms with van der Waals surface area (Å²) in [6.07, 6.45) is 7.78. The number of methoxy groups -OCH3 is 1. The predicted molar refractivity (Wildman–Crippen MR) is 99.7 cm³/mol. The van der Waals surface area contributed by atoms with Gasteiger partial charge < -0.3 is 14.0 Å². The lowest BCUT2D eigenvalue weighted by molar-refractivity contribution is 0.326. The highest BCUT2D eigenvalue weighted by molar-refractivity contribution is 5.87. The fourth-order valence-electron chi connectivity index (χ4n) is 3.04. The molecule has 26 heavy (non-hydrogen) atoms. The highest BCUT2D eigenvalue weighted by Crippen LogP contribution is 2.30. The molecule has 1 aliphatic rings. The molecule has 0 saturated heterocycles. The van der Waals surface area contributed by atoms with Crippen molar-refractivity contribution in [2.75, 3.05) is 13.7 Å². The molecule has 6 heteroatoms. The molecule has 1 aliphatic heterocycles. The van der Waals surface area contributed by atoms with Crippen molar-refractivity contribution < 1.29 is 9.47 Å². The van der Waals surface area contributed by atoms with E-state index in [2.05, 4.69) is 27.4 Å². The Kier molecular flexibility index (Phi) is 5.69. The van der Waals surface area contributed by atoms with E-state index >= 15 is 0 Å². The number of ether oxygens (including phenoxy) is 2. The van der Waals surface area contributed by atoms with Gasteiger partial charge in [-0.25, -0.2) is 0 Å². The van der Waals surface area contributed by atoms with Gasteiger partial charge in [-0.05, 0) is 36.6 Å². The van der Waals surface area contributed by atoms with Crippen LogP contribution in [0.2, 0.25) is 0 Å². The number of nitriles is 1. The molecule has 1 aromatic carbocycles. The number of fused-ring (bicyclic) bond motifs is 1. The Morgan fingerprint density at radius 1 is 1.31 bits per heavy atom. The van der Waals surface area contributed by atoms with Crippen LogP contribution in [0, 0.1) is 11.3 Å². The average Bonchev–Trinajstić information content (AvgIpc) is 2.92. The number of benzene rings is 1. The summed E-state index contributed by atoms with van der Waals surface area (Å²) in [5.41, 5.74) is 1.34. The second-order valence-corrected chi connectivity index (χ2v) is 6.08. The maximum absolute atomic E-state index is 9.66. The molecule has 0 radical (unpaired) electrons. The summed E-state index contributed by atoms with van der Waals surface area (Å²) in [5, 5.41) is 18.2. The number of nitrogens with zero attached hydrogens (tertiary/aromatic N) is 4. The smallest absolute Gasteiger partial charge is 0.174 e. The van der Waals surface area contributed by atoms with Gasteiger partial charge in [0.25, 0.3) is 0 Å². The van der Waals surface area contributed by atoms with Crippen LogP contribution in [-0.4, -0.2) is 28.5 Å². The van der Waals surface area contributed by atoms with E-state index in [1.165, 1.54) is 6.42 Å². The Morgan fingerprint density at radius 3 is 2.96 bits per heavy atom. The SMILES string of the molecule is C=CCOc1ccc(/C=C(/C#N)c2nnc3n2CCCCC3)cc1OC. The van der Waals surface area contributed by atoms with Gasteiger partial charge in [0.2, 0.25) is 0 Å². The Bertz CT molecular complexity index is 861. The molecule has 0 aliphatic carbocycles. The predicted octanol–water partition coefficient (Wildman–Crippen LogP) is 3.64. The summed E-state index contributed by atoms with van der Waals surface area (Å²) < 4.78 is 13.0. The zero-order valence-corrected chi connectivity index (χ0v) is 14.9. The summed E-state index contributed by atoms with van der Waals surface area (Å²) in [4.78, 5) is 0. The van der Waals surface area contributed by atoms with Crippen molar-refractivity contribution in [2.45, 2.75) is 32.2 Å². The molecule has 1 aromatic heterocycles. The van der Waals surface area contributed by atoms with E-state index in [0.29, 0.717) is 29.5 Å². The van der Waals surface area contributed by atoms with E-state index in [0.717, 1.165) is 37.2 Å². The standard InChI is InChI=1S/C20H22N4O2/c1-3-11-26-17-9-8-15(13-18(17)25-2)12-16(14-21)20-23-22-19-7-5-4-6-10-24(19)20/h3,8-9,12-13H,1,4-7,10-11H2,2H3/b16-12-. The van der Waals surface area contributed by atoms with Gasteiger partial charge in [0.1, 0.15) is 18.5 Å². The number of hydrogen-bond donors (Lipinski definition) is 0. The number of aromatic nitrogens is 3. The first-order chi connectivity index (χ1) is 12.8. The van der Waals surface area contributed by atoms with E-state index in [4.69, 9.17) is 9.47 Å². The molecule has 0 fully saturated rings. The first-order valence-electron chi connectivity index (χ1n) is 8.72. The minimum absolute atomic E-state index is 0.404. The zero-order valence-electron chi connectivity index (χ0n) is 14.9. The van der Waals surface area contributed by atoms with Gasteiger partial charge in [-0.15, -0.1) is 10.2 Å². The molecule has 2 heterocycles. The second kappa shape index (κ2) is 8.34. The molecule has 0 atom stereocenters. The van der Waals surface area contributed by atoms with E-state index < -0.39 is 0 Å². The van der Waals surface area contributed by atoms with Crippen molar-refractivity contribution in [2.24, 2.45) is 0 Å². The fourth-order valence-corrected chi connectivity index (χ4v) is 3.04. The van der Waals surface area contributed by atoms with Crippen molar-refractivity contribution in [3.05, 3.63) is 48.1 Å². The Labute approximate surface area is 153 Å². The van der Waals surface area contributed by atoms with Crippen molar-refractivity contribution in [3.63, 3.8) is 0 Å². The summed E-state index contributed by atoms with van der Waals surface area (Å²) >= 11 is 0. The molecule has 0 saturated carbocycles. The summed E-state index contributed by atoms with van der Waals surface area (Å²) in [7, 11) is 1.59. The first kappa shape index (κ1) is 17.7. The van der Waals surface area contributed by atoms with Gasteiger partial charge in [-0.1, -0.05) is 25.1 Å². The quantitative estimate of drug-likeness (QED) is 0.587. The van der Waals surface area contributed by atoms with Crippen LogP contribution in [0.1, 0.15) is 36.5 Å². The Morgan fingerprint density at radius 2 is 2.19 bits per heavy atom. The molecule has 3 rings (SSSR count). The Hall–Kier alpha value is -3.07. The first-order valence-corrected chi connectivity index (χ1v) is 8.72. The van der Waals surface area contributed by atoms with Gasteiger partial charge in [0.05, 0.1) is 12.7 Å².